The van der Waals surface area contributed by atoms with Gasteiger partial charge in [0.1, 0.15) is 38.1 Å². The summed E-state index contributed by atoms with van der Waals surface area (Å²) in [5.41, 5.74) is 0. The molecule has 7 N–H and O–H groups in total. The minimum Gasteiger partial charge on any atom is -0.480 e. The molecule has 11 heteroatoms. The van der Waals surface area contributed by atoms with E-state index in [-0.39, 0.29) is 0 Å². The summed E-state index contributed by atoms with van der Waals surface area (Å²) in [4.78, 5) is 29.8. The van der Waals surface area contributed by atoms with Gasteiger partial charge in [0.05, 0.1) is 6.61 Å². The molecule has 0 aromatic rings. The van der Waals surface area contributed by atoms with Gasteiger partial charge in [-0.25, -0.2) is 9.59 Å². The first-order valence-electron chi connectivity index (χ1n) is 5.47. The summed E-state index contributed by atoms with van der Waals surface area (Å²) in [5, 5.41) is 58.9. The molecule has 0 unspecified atom stereocenters. The molecule has 0 aromatic heterocycles. The molecule has 0 spiro atoms. The van der Waals surface area contributed by atoms with Gasteiger partial charge in [0.15, 0.2) is 5.78 Å². The minimum absolute atomic E-state index is 0.563. The van der Waals surface area contributed by atoms with Crippen LogP contribution in [-0.4, -0.2) is 98.2 Å². The molecule has 21 heavy (non-hydrogen) atoms. The first kappa shape index (κ1) is 21.7. The molecular formula is C10H18O11. The Bertz CT molecular complexity index is 315. The molecule has 0 saturated carbocycles. The number of carboxylic acid groups (broad SMARTS) is 2. The van der Waals surface area contributed by atoms with E-state index in [9.17, 15) is 14.4 Å². The molecule has 0 saturated heterocycles. The second kappa shape index (κ2) is 12.1. The van der Waals surface area contributed by atoms with Crippen LogP contribution in [0, 0.1) is 0 Å². The Morgan fingerprint density at radius 1 is 0.905 bits per heavy atom. The topological polar surface area (TPSA) is 202 Å². The summed E-state index contributed by atoms with van der Waals surface area (Å²) in [6, 6.07) is 0. The molecule has 0 aromatic carbocycles. The summed E-state index contributed by atoms with van der Waals surface area (Å²) in [6.07, 6.45) is -5.22. The Labute approximate surface area is 118 Å². The minimum atomic E-state index is -1.86. The zero-order valence-corrected chi connectivity index (χ0v) is 10.8. The SMILES string of the molecule is O=C(CO)[C@H](O)[C@@H](O)[C@H](O)CO.O=C(O)COCC(=O)O. The summed E-state index contributed by atoms with van der Waals surface area (Å²) in [5.74, 6) is -3.34. The van der Waals surface area contributed by atoms with Crippen LogP contribution in [0.4, 0.5) is 0 Å². The van der Waals surface area contributed by atoms with Gasteiger partial charge in [0.25, 0.3) is 0 Å². The Hall–Kier alpha value is -1.63. The highest BCUT2D eigenvalue weighted by molar-refractivity contribution is 5.84. The van der Waals surface area contributed by atoms with Crippen molar-refractivity contribution in [1.29, 1.82) is 0 Å². The fourth-order valence-corrected chi connectivity index (χ4v) is 0.828. The van der Waals surface area contributed by atoms with Crippen LogP contribution in [0.2, 0.25) is 0 Å². The zero-order valence-electron chi connectivity index (χ0n) is 10.8. The highest BCUT2D eigenvalue weighted by atomic mass is 16.5. The molecule has 0 fully saturated rings. The van der Waals surface area contributed by atoms with Crippen LogP contribution >= 0.6 is 0 Å². The smallest absolute Gasteiger partial charge is 0.329 e. The van der Waals surface area contributed by atoms with Crippen LogP contribution in [0.3, 0.4) is 0 Å². The van der Waals surface area contributed by atoms with Crippen LogP contribution in [0.25, 0.3) is 0 Å². The van der Waals surface area contributed by atoms with Crippen molar-refractivity contribution in [3.63, 3.8) is 0 Å². The molecule has 0 radical (unpaired) electrons. The van der Waals surface area contributed by atoms with Crippen molar-refractivity contribution >= 4 is 17.7 Å². The van der Waals surface area contributed by atoms with E-state index in [1.165, 1.54) is 0 Å². The van der Waals surface area contributed by atoms with E-state index in [1.54, 1.807) is 0 Å². The number of carbonyl (C=O) groups excluding carboxylic acids is 1. The number of aliphatic hydroxyl groups is 5. The largest absolute Gasteiger partial charge is 0.480 e. The molecule has 0 amide bonds. The van der Waals surface area contributed by atoms with E-state index < -0.39 is 62.5 Å². The molecule has 11 nitrogen and oxygen atoms in total. The van der Waals surface area contributed by atoms with Crippen molar-refractivity contribution in [2.75, 3.05) is 26.4 Å². The molecule has 0 aliphatic rings. The van der Waals surface area contributed by atoms with Gasteiger partial charge < -0.3 is 40.5 Å². The van der Waals surface area contributed by atoms with Gasteiger partial charge in [0, 0.05) is 0 Å². The average molecular weight is 314 g/mol. The van der Waals surface area contributed by atoms with Gasteiger partial charge in [-0.15, -0.1) is 0 Å². The number of hydrogen-bond acceptors (Lipinski definition) is 9. The number of ketones is 1. The third-order valence-corrected chi connectivity index (χ3v) is 1.84. The van der Waals surface area contributed by atoms with Crippen molar-refractivity contribution in [2.45, 2.75) is 18.3 Å². The number of rotatable bonds is 9. The van der Waals surface area contributed by atoms with E-state index in [0.29, 0.717) is 0 Å². The summed E-state index contributed by atoms with van der Waals surface area (Å²) < 4.78 is 4.16. The lowest BCUT2D eigenvalue weighted by atomic mass is 10.1. The fourth-order valence-electron chi connectivity index (χ4n) is 0.828. The van der Waals surface area contributed by atoms with E-state index >= 15 is 0 Å². The summed E-state index contributed by atoms with van der Waals surface area (Å²) in [6.45, 7) is -2.81. The Kier molecular flexibility index (Phi) is 12.5. The number of aliphatic carboxylic acids is 2. The van der Waals surface area contributed by atoms with Crippen molar-refractivity contribution in [1.82, 2.24) is 0 Å². The van der Waals surface area contributed by atoms with Crippen molar-refractivity contribution in [3.8, 4) is 0 Å². The maximum Gasteiger partial charge on any atom is 0.329 e. The third-order valence-electron chi connectivity index (χ3n) is 1.84. The monoisotopic (exact) mass is 314 g/mol. The van der Waals surface area contributed by atoms with E-state index in [2.05, 4.69) is 4.74 Å². The Morgan fingerprint density at radius 2 is 1.33 bits per heavy atom. The van der Waals surface area contributed by atoms with Crippen LogP contribution in [-0.2, 0) is 19.1 Å². The molecule has 0 aliphatic carbocycles. The number of carboxylic acids is 2. The van der Waals surface area contributed by atoms with Crippen LogP contribution in [0.15, 0.2) is 0 Å². The quantitative estimate of drug-likeness (QED) is 0.217. The standard InChI is InChI=1S/C6H12O6.C4H6O5/c7-1-3(9)5(11)6(12)4(10)2-8;5-3(6)1-9-2-4(7)8/h3,5-9,11-12H,1-2H2;1-2H2,(H,5,6)(H,7,8)/t3-,5+,6+;/m1./s1. The molecule has 3 atom stereocenters. The number of ether oxygens (including phenoxy) is 1. The number of hydrogen-bond donors (Lipinski definition) is 7. The molecule has 0 heterocycles. The second-order valence-corrected chi connectivity index (χ2v) is 3.59. The third kappa shape index (κ3) is 11.9. The molecular weight excluding hydrogens is 296 g/mol. The van der Waals surface area contributed by atoms with Gasteiger partial charge >= 0.3 is 11.9 Å². The Balaban J connectivity index is 0. The van der Waals surface area contributed by atoms with E-state index in [4.69, 9.17) is 35.7 Å². The maximum atomic E-state index is 10.5. The zero-order chi connectivity index (χ0) is 17.0. The van der Waals surface area contributed by atoms with Gasteiger partial charge in [-0.2, -0.15) is 0 Å². The highest BCUT2D eigenvalue weighted by Crippen LogP contribution is 2.00. The van der Waals surface area contributed by atoms with Crippen LogP contribution in [0.5, 0.6) is 0 Å². The maximum absolute atomic E-state index is 10.5. The first-order valence-corrected chi connectivity index (χ1v) is 5.47. The van der Waals surface area contributed by atoms with Crippen molar-refractivity contribution in [2.24, 2.45) is 0 Å². The van der Waals surface area contributed by atoms with Crippen LogP contribution in [0.1, 0.15) is 0 Å². The second-order valence-electron chi connectivity index (χ2n) is 3.59. The lowest BCUT2D eigenvalue weighted by molar-refractivity contribution is -0.148. The van der Waals surface area contributed by atoms with Gasteiger partial charge in [-0.1, -0.05) is 0 Å². The van der Waals surface area contributed by atoms with E-state index in [1.807, 2.05) is 0 Å². The normalized spacial score (nSPS) is 14.3. The Morgan fingerprint density at radius 3 is 1.62 bits per heavy atom. The van der Waals surface area contributed by atoms with Gasteiger partial charge in [-0.05, 0) is 0 Å². The highest BCUT2D eigenvalue weighted by Gasteiger charge is 2.28. The summed E-state index contributed by atoms with van der Waals surface area (Å²) in [7, 11) is 0. The predicted octanol–water partition coefficient (Wildman–Crippen LogP) is -4.20. The molecule has 0 rings (SSSR count). The number of Topliss-reactive ketones (excluding diaryl/α,β-unsaturated/α-hetero) is 1. The van der Waals surface area contributed by atoms with Crippen LogP contribution < -0.4 is 0 Å². The molecule has 124 valence electrons. The number of aliphatic hydroxyl groups excluding tert-OH is 5. The van der Waals surface area contributed by atoms with E-state index in [0.717, 1.165) is 0 Å². The average Bonchev–Trinajstić information content (AvgIpc) is 2.43. The fraction of sp³-hybridized carbons (Fsp3) is 0.700. The van der Waals surface area contributed by atoms with Gasteiger partial charge in [0.2, 0.25) is 0 Å². The molecule has 0 bridgehead atoms. The van der Waals surface area contributed by atoms with Crippen molar-refractivity contribution < 1.29 is 54.9 Å². The predicted molar refractivity (Wildman–Crippen MR) is 63.3 cm³/mol. The number of carbonyl (C=O) groups is 3. The lowest BCUT2D eigenvalue weighted by Crippen LogP contribution is -2.44. The lowest BCUT2D eigenvalue weighted by Gasteiger charge is -2.19. The van der Waals surface area contributed by atoms with Gasteiger partial charge in [-0.3, -0.25) is 4.79 Å². The first-order chi connectivity index (χ1) is 9.67. The summed E-state index contributed by atoms with van der Waals surface area (Å²) >= 11 is 0. The molecule has 0 aliphatic heterocycles. The van der Waals surface area contributed by atoms with Crippen molar-refractivity contribution in [3.05, 3.63) is 0 Å².